The summed E-state index contributed by atoms with van der Waals surface area (Å²) in [6.45, 7) is 8.44. The number of nitrogens with zero attached hydrogens (tertiary/aromatic N) is 2. The van der Waals surface area contributed by atoms with E-state index in [1.54, 1.807) is 0 Å². The maximum atomic E-state index is 13.3. The molecular formula is C31H42N4O2. The van der Waals surface area contributed by atoms with Crippen LogP contribution >= 0.6 is 0 Å². The van der Waals surface area contributed by atoms with E-state index < -0.39 is 0 Å². The number of benzene rings is 2. The Morgan fingerprint density at radius 1 is 0.892 bits per heavy atom. The second-order valence-corrected chi connectivity index (χ2v) is 11.2. The average molecular weight is 503 g/mol. The van der Waals surface area contributed by atoms with Crippen molar-refractivity contribution in [3.05, 3.63) is 59.2 Å². The fourth-order valence-corrected chi connectivity index (χ4v) is 6.75. The number of carbonyl (C=O) groups excluding carboxylic acids is 2. The summed E-state index contributed by atoms with van der Waals surface area (Å²) < 4.78 is 0. The van der Waals surface area contributed by atoms with Crippen LogP contribution in [-0.4, -0.2) is 56.0 Å². The predicted molar refractivity (Wildman–Crippen MR) is 150 cm³/mol. The van der Waals surface area contributed by atoms with Gasteiger partial charge in [0.15, 0.2) is 0 Å². The van der Waals surface area contributed by atoms with Crippen molar-refractivity contribution in [2.45, 2.75) is 58.4 Å². The molecule has 2 saturated carbocycles. The van der Waals surface area contributed by atoms with E-state index in [9.17, 15) is 9.59 Å². The van der Waals surface area contributed by atoms with Crippen LogP contribution in [0.4, 0.5) is 11.4 Å². The van der Waals surface area contributed by atoms with Crippen molar-refractivity contribution in [2.75, 3.05) is 43.4 Å². The van der Waals surface area contributed by atoms with Gasteiger partial charge in [-0.05, 0) is 92.8 Å². The van der Waals surface area contributed by atoms with Gasteiger partial charge in [-0.3, -0.25) is 9.59 Å². The Bertz CT molecular complexity index is 1080. The standard InChI is InChI=1S/C31H42N4O2/c1-4-21-7-6-8-22(5-2)29(21)33-31(37)25-19-24-11-14-28(27(24)20-25)32-30(36)23-9-12-26(13-10-23)35-17-15-34(3)16-18-35/h6-10,12-13,24-25,27-28H,4-5,11,14-20H2,1-3H3,(H,32,36)(H,33,37). The highest BCUT2D eigenvalue weighted by molar-refractivity contribution is 5.95. The number of carbonyl (C=O) groups is 2. The van der Waals surface area contributed by atoms with Crippen molar-refractivity contribution >= 4 is 23.2 Å². The summed E-state index contributed by atoms with van der Waals surface area (Å²) in [6.07, 6.45) is 5.70. The van der Waals surface area contributed by atoms with Crippen molar-refractivity contribution in [3.8, 4) is 0 Å². The number of piperazine rings is 1. The first-order chi connectivity index (χ1) is 18.0. The molecular weight excluding hydrogens is 460 g/mol. The molecule has 198 valence electrons. The Morgan fingerprint density at radius 3 is 2.22 bits per heavy atom. The molecule has 1 heterocycles. The summed E-state index contributed by atoms with van der Waals surface area (Å²) in [5.41, 5.74) is 5.33. The molecule has 4 unspecified atom stereocenters. The third kappa shape index (κ3) is 5.54. The zero-order chi connectivity index (χ0) is 25.9. The number of hydrogen-bond donors (Lipinski definition) is 2. The molecule has 2 amide bonds. The van der Waals surface area contributed by atoms with Gasteiger partial charge in [-0.25, -0.2) is 0 Å². The molecule has 2 aliphatic carbocycles. The number of nitrogens with one attached hydrogen (secondary N) is 2. The fourth-order valence-electron chi connectivity index (χ4n) is 6.75. The zero-order valence-corrected chi connectivity index (χ0v) is 22.6. The van der Waals surface area contributed by atoms with Gasteiger partial charge in [0.2, 0.25) is 5.91 Å². The molecule has 0 bridgehead atoms. The third-order valence-corrected chi connectivity index (χ3v) is 9.05. The molecule has 3 fully saturated rings. The third-order valence-electron chi connectivity index (χ3n) is 9.05. The van der Waals surface area contributed by atoms with Gasteiger partial charge in [-0.1, -0.05) is 32.0 Å². The maximum Gasteiger partial charge on any atom is 0.251 e. The first-order valence-electron chi connectivity index (χ1n) is 14.2. The number of aryl methyl sites for hydroxylation is 2. The number of amides is 2. The van der Waals surface area contributed by atoms with Crippen LogP contribution < -0.4 is 15.5 Å². The minimum absolute atomic E-state index is 0.00735. The van der Waals surface area contributed by atoms with Crippen molar-refractivity contribution in [3.63, 3.8) is 0 Å². The summed E-state index contributed by atoms with van der Waals surface area (Å²) in [5.74, 6) is 1.08. The van der Waals surface area contributed by atoms with E-state index in [4.69, 9.17) is 0 Å². The molecule has 0 aromatic heterocycles. The molecule has 37 heavy (non-hydrogen) atoms. The van der Waals surface area contributed by atoms with Gasteiger partial charge in [-0.15, -0.1) is 0 Å². The molecule has 2 N–H and O–H groups in total. The van der Waals surface area contributed by atoms with Crippen LogP contribution in [0, 0.1) is 17.8 Å². The van der Waals surface area contributed by atoms with Crippen LogP contribution in [0.3, 0.4) is 0 Å². The summed E-state index contributed by atoms with van der Waals surface area (Å²) in [7, 11) is 2.16. The highest BCUT2D eigenvalue weighted by atomic mass is 16.2. The van der Waals surface area contributed by atoms with Crippen LogP contribution in [0.1, 0.15) is 61.0 Å². The van der Waals surface area contributed by atoms with Crippen molar-refractivity contribution in [1.29, 1.82) is 0 Å². The molecule has 6 nitrogen and oxygen atoms in total. The predicted octanol–water partition coefficient (Wildman–Crippen LogP) is 4.74. The first kappa shape index (κ1) is 25.8. The number of anilines is 2. The molecule has 6 heteroatoms. The van der Waals surface area contributed by atoms with Gasteiger partial charge in [-0.2, -0.15) is 0 Å². The van der Waals surface area contributed by atoms with Crippen LogP contribution in [-0.2, 0) is 17.6 Å². The van der Waals surface area contributed by atoms with Crippen LogP contribution in [0.2, 0.25) is 0 Å². The Labute approximate surface area is 221 Å². The molecule has 0 radical (unpaired) electrons. The number of hydrogen-bond acceptors (Lipinski definition) is 4. The second-order valence-electron chi connectivity index (χ2n) is 11.2. The summed E-state index contributed by atoms with van der Waals surface area (Å²) in [5, 5.41) is 6.62. The molecule has 2 aromatic carbocycles. The molecule has 2 aromatic rings. The van der Waals surface area contributed by atoms with Gasteiger partial charge in [0.05, 0.1) is 0 Å². The minimum atomic E-state index is 0.00735. The number of rotatable bonds is 7. The maximum absolute atomic E-state index is 13.3. The Balaban J connectivity index is 1.18. The van der Waals surface area contributed by atoms with Crippen molar-refractivity contribution < 1.29 is 9.59 Å². The lowest BCUT2D eigenvalue weighted by Gasteiger charge is -2.34. The van der Waals surface area contributed by atoms with Crippen LogP contribution in [0.15, 0.2) is 42.5 Å². The Morgan fingerprint density at radius 2 is 1.57 bits per heavy atom. The molecule has 5 rings (SSSR count). The lowest BCUT2D eigenvalue weighted by molar-refractivity contribution is -0.119. The van der Waals surface area contributed by atoms with E-state index in [0.717, 1.165) is 76.0 Å². The van der Waals surface area contributed by atoms with Crippen molar-refractivity contribution in [2.24, 2.45) is 17.8 Å². The SMILES string of the molecule is CCc1cccc(CC)c1NC(=O)C1CC2CCC(NC(=O)c3ccc(N4CCN(C)CC4)cc3)C2C1. The largest absolute Gasteiger partial charge is 0.369 e. The lowest BCUT2D eigenvalue weighted by Crippen LogP contribution is -2.44. The first-order valence-corrected chi connectivity index (χ1v) is 14.2. The summed E-state index contributed by atoms with van der Waals surface area (Å²) in [4.78, 5) is 31.1. The zero-order valence-electron chi connectivity index (χ0n) is 22.6. The van der Waals surface area contributed by atoms with Gasteiger partial charge in [0.25, 0.3) is 5.91 Å². The molecule has 0 spiro atoms. The molecule has 1 saturated heterocycles. The number of fused-ring (bicyclic) bond motifs is 1. The summed E-state index contributed by atoms with van der Waals surface area (Å²) in [6, 6.07) is 14.5. The smallest absolute Gasteiger partial charge is 0.251 e. The summed E-state index contributed by atoms with van der Waals surface area (Å²) >= 11 is 0. The number of likely N-dealkylation sites (N-methyl/N-ethyl adjacent to an activating group) is 1. The minimum Gasteiger partial charge on any atom is -0.369 e. The lowest BCUT2D eigenvalue weighted by atomic mass is 9.96. The normalized spacial score (nSPS) is 25.6. The van der Waals surface area contributed by atoms with E-state index in [1.807, 2.05) is 12.1 Å². The van der Waals surface area contributed by atoms with Gasteiger partial charge in [0.1, 0.15) is 0 Å². The monoisotopic (exact) mass is 502 g/mol. The van der Waals surface area contributed by atoms with E-state index >= 15 is 0 Å². The average Bonchev–Trinajstić information content (AvgIpc) is 3.51. The van der Waals surface area contributed by atoms with Gasteiger partial charge in [0, 0.05) is 55.1 Å². The quantitative estimate of drug-likeness (QED) is 0.574. The molecule has 3 aliphatic rings. The van der Waals surface area contributed by atoms with Crippen LogP contribution in [0.5, 0.6) is 0 Å². The van der Waals surface area contributed by atoms with E-state index in [2.05, 4.69) is 71.7 Å². The molecule has 1 aliphatic heterocycles. The fraction of sp³-hybridized carbons (Fsp3) is 0.548. The second kappa shape index (κ2) is 11.3. The number of para-hydroxylation sites is 1. The van der Waals surface area contributed by atoms with E-state index in [-0.39, 0.29) is 23.8 Å². The Kier molecular flexibility index (Phi) is 7.84. The topological polar surface area (TPSA) is 64.7 Å². The van der Waals surface area contributed by atoms with Gasteiger partial charge < -0.3 is 20.4 Å². The van der Waals surface area contributed by atoms with E-state index in [0.29, 0.717) is 11.8 Å². The van der Waals surface area contributed by atoms with Crippen LogP contribution in [0.25, 0.3) is 0 Å². The van der Waals surface area contributed by atoms with Crippen molar-refractivity contribution in [1.82, 2.24) is 10.2 Å². The highest BCUT2D eigenvalue weighted by Crippen LogP contribution is 2.47. The highest BCUT2D eigenvalue weighted by Gasteiger charge is 2.46. The van der Waals surface area contributed by atoms with Gasteiger partial charge >= 0.3 is 0 Å². The Hall–Kier alpha value is -2.86. The molecule has 4 atom stereocenters. The van der Waals surface area contributed by atoms with E-state index in [1.165, 1.54) is 16.8 Å².